The number of aryl methyl sites for hydroxylation is 1. The van der Waals surface area contributed by atoms with Crippen LogP contribution in [0.1, 0.15) is 57.9 Å². The zero-order chi connectivity index (χ0) is 21.5. The third-order valence-corrected chi connectivity index (χ3v) is 6.21. The van der Waals surface area contributed by atoms with Crippen LogP contribution in [0.5, 0.6) is 0 Å². The Balaban J connectivity index is 1.78. The molecule has 1 aliphatic rings. The van der Waals surface area contributed by atoms with Gasteiger partial charge < -0.3 is 15.5 Å². The summed E-state index contributed by atoms with van der Waals surface area (Å²) in [6, 6.07) is 10.2. The highest BCUT2D eigenvalue weighted by Gasteiger charge is 2.31. The number of unbranched alkanes of at least 4 members (excludes halogenated alkanes) is 1. The molecule has 2 atom stereocenters. The fourth-order valence-electron chi connectivity index (χ4n) is 3.35. The lowest BCUT2D eigenvalue weighted by Crippen LogP contribution is -2.39. The lowest BCUT2D eigenvalue weighted by atomic mass is 9.87. The predicted octanol–water partition coefficient (Wildman–Crippen LogP) is 3.80. The van der Waals surface area contributed by atoms with E-state index in [0.29, 0.717) is 25.0 Å². The Hall–Kier alpha value is -1.59. The van der Waals surface area contributed by atoms with Crippen molar-refractivity contribution in [3.05, 3.63) is 48.0 Å². The first-order valence-corrected chi connectivity index (χ1v) is 12.0. The minimum Gasteiger partial charge on any atom is -0.325 e. The Morgan fingerprint density at radius 3 is 2.55 bits per heavy atom. The average Bonchev–Trinajstić information content (AvgIpc) is 3.05. The van der Waals surface area contributed by atoms with Crippen molar-refractivity contribution >= 4 is 19.1 Å². The van der Waals surface area contributed by atoms with E-state index >= 15 is 0 Å². The van der Waals surface area contributed by atoms with E-state index in [1.54, 1.807) is 13.0 Å². The van der Waals surface area contributed by atoms with Crippen molar-refractivity contribution in [3.8, 4) is 0 Å². The van der Waals surface area contributed by atoms with Crippen molar-refractivity contribution < 1.29 is 19.1 Å². The maximum absolute atomic E-state index is 12.5. The van der Waals surface area contributed by atoms with E-state index in [1.165, 1.54) is 5.56 Å². The highest BCUT2D eigenvalue weighted by molar-refractivity contribution is 7.51. The minimum absolute atomic E-state index is 0.0649. The standard InChI is InChI=1S/C22H33N2O4P/c1-21(23,16-17-29(26,27)28)14-15-22(2)13-12-19(24-22)20(25)11-7-6-10-18-8-4-3-5-9-18/h3-5,8-9,12-13H,6-7,10-11,14-17,23H2,1-2H3,(H2,26,27,28). The highest BCUT2D eigenvalue weighted by atomic mass is 31.2. The summed E-state index contributed by atoms with van der Waals surface area (Å²) in [6.07, 6.45) is 8.21. The topological polar surface area (TPSA) is 113 Å². The van der Waals surface area contributed by atoms with Gasteiger partial charge in [-0.25, -0.2) is 0 Å². The Morgan fingerprint density at radius 2 is 1.90 bits per heavy atom. The molecule has 4 N–H and O–H groups in total. The summed E-state index contributed by atoms with van der Waals surface area (Å²) in [4.78, 5) is 35.2. The number of allylic oxidation sites excluding steroid dienone is 1. The van der Waals surface area contributed by atoms with Crippen LogP contribution in [0.2, 0.25) is 0 Å². The maximum Gasteiger partial charge on any atom is 0.325 e. The zero-order valence-corrected chi connectivity index (χ0v) is 18.3. The van der Waals surface area contributed by atoms with Gasteiger partial charge in [0.05, 0.1) is 11.7 Å². The third kappa shape index (κ3) is 8.75. The molecule has 0 amide bonds. The van der Waals surface area contributed by atoms with Crippen molar-refractivity contribution in [2.75, 3.05) is 6.16 Å². The second-order valence-corrected chi connectivity index (χ2v) is 10.4. The Bertz CT molecular complexity index is 798. The molecular formula is C22H33N2O4P. The Morgan fingerprint density at radius 1 is 1.21 bits per heavy atom. The van der Waals surface area contributed by atoms with Gasteiger partial charge in [0.1, 0.15) is 5.71 Å². The van der Waals surface area contributed by atoms with Crippen molar-refractivity contribution in [2.45, 2.75) is 69.9 Å². The lowest BCUT2D eigenvalue weighted by molar-refractivity contribution is -0.113. The summed E-state index contributed by atoms with van der Waals surface area (Å²) in [6.45, 7) is 3.76. The largest absolute Gasteiger partial charge is 0.325 e. The summed E-state index contributed by atoms with van der Waals surface area (Å²) in [7, 11) is -4.05. The molecule has 0 fully saturated rings. The van der Waals surface area contributed by atoms with Gasteiger partial charge in [0.25, 0.3) is 0 Å². The van der Waals surface area contributed by atoms with Crippen LogP contribution in [0, 0.1) is 0 Å². The number of nitrogens with two attached hydrogens (primary N) is 1. The molecule has 0 aromatic heterocycles. The van der Waals surface area contributed by atoms with E-state index < -0.39 is 18.7 Å². The first-order chi connectivity index (χ1) is 13.5. The molecule has 0 saturated carbocycles. The van der Waals surface area contributed by atoms with Gasteiger partial charge in [0.15, 0.2) is 5.78 Å². The average molecular weight is 420 g/mol. The summed E-state index contributed by atoms with van der Waals surface area (Å²) < 4.78 is 11.1. The number of benzene rings is 1. The van der Waals surface area contributed by atoms with Gasteiger partial charge in [-0.05, 0) is 64.0 Å². The number of Topliss-reactive ketones (excluding diaryl/α,β-unsaturated/α-hetero) is 1. The molecule has 1 heterocycles. The molecule has 7 heteroatoms. The lowest BCUT2D eigenvalue weighted by Gasteiger charge is -2.28. The second-order valence-electron chi connectivity index (χ2n) is 8.60. The number of carbonyl (C=O) groups is 1. The minimum atomic E-state index is -4.05. The van der Waals surface area contributed by atoms with Gasteiger partial charge in [0.2, 0.25) is 0 Å². The van der Waals surface area contributed by atoms with Crippen LogP contribution in [-0.4, -0.2) is 38.5 Å². The first kappa shape index (κ1) is 23.7. The molecule has 160 valence electrons. The quantitative estimate of drug-likeness (QED) is 0.352. The molecule has 0 saturated heterocycles. The molecule has 1 aromatic carbocycles. The number of ketones is 1. The molecule has 1 aliphatic heterocycles. The third-order valence-electron chi connectivity index (χ3n) is 5.40. The molecule has 0 aliphatic carbocycles. The van der Waals surface area contributed by atoms with Crippen LogP contribution >= 0.6 is 7.60 Å². The monoisotopic (exact) mass is 420 g/mol. The van der Waals surface area contributed by atoms with Crippen molar-refractivity contribution in [1.82, 2.24) is 0 Å². The molecule has 29 heavy (non-hydrogen) atoms. The smallest absolute Gasteiger partial charge is 0.325 e. The van der Waals surface area contributed by atoms with Gasteiger partial charge in [0, 0.05) is 12.0 Å². The van der Waals surface area contributed by atoms with Gasteiger partial charge in [-0.15, -0.1) is 0 Å². The fraction of sp³-hybridized carbons (Fsp3) is 0.545. The van der Waals surface area contributed by atoms with Crippen LogP contribution in [-0.2, 0) is 15.8 Å². The van der Waals surface area contributed by atoms with Gasteiger partial charge >= 0.3 is 7.60 Å². The molecule has 0 spiro atoms. The number of hydrogen-bond acceptors (Lipinski definition) is 4. The molecule has 2 unspecified atom stereocenters. The van der Waals surface area contributed by atoms with E-state index in [1.807, 2.05) is 31.2 Å². The van der Waals surface area contributed by atoms with E-state index in [-0.39, 0.29) is 18.4 Å². The Labute approximate surface area is 173 Å². The number of aliphatic imine (C=N–C) groups is 1. The number of rotatable bonds is 12. The number of nitrogens with zero attached hydrogens (tertiary/aromatic N) is 1. The van der Waals surface area contributed by atoms with Crippen molar-refractivity contribution in [2.24, 2.45) is 10.7 Å². The molecule has 2 rings (SSSR count). The van der Waals surface area contributed by atoms with Crippen LogP contribution in [0.3, 0.4) is 0 Å². The number of hydrogen-bond donors (Lipinski definition) is 3. The summed E-state index contributed by atoms with van der Waals surface area (Å²) >= 11 is 0. The number of carbonyl (C=O) groups excluding carboxylic acids is 1. The zero-order valence-electron chi connectivity index (χ0n) is 17.4. The van der Waals surface area contributed by atoms with E-state index in [9.17, 15) is 9.36 Å². The molecule has 0 bridgehead atoms. The predicted molar refractivity (Wildman–Crippen MR) is 117 cm³/mol. The van der Waals surface area contributed by atoms with Gasteiger partial charge in [-0.2, -0.15) is 0 Å². The van der Waals surface area contributed by atoms with E-state index in [2.05, 4.69) is 17.1 Å². The fourth-order valence-corrected chi connectivity index (χ4v) is 4.16. The normalized spacial score (nSPS) is 21.1. The Kier molecular flexibility index (Phi) is 8.12. The summed E-state index contributed by atoms with van der Waals surface area (Å²) in [5.41, 5.74) is 6.83. The highest BCUT2D eigenvalue weighted by Crippen LogP contribution is 2.38. The van der Waals surface area contributed by atoms with Crippen LogP contribution in [0.15, 0.2) is 47.5 Å². The van der Waals surface area contributed by atoms with Crippen molar-refractivity contribution in [3.63, 3.8) is 0 Å². The van der Waals surface area contributed by atoms with Crippen LogP contribution in [0.4, 0.5) is 0 Å². The van der Waals surface area contributed by atoms with Crippen LogP contribution < -0.4 is 5.73 Å². The SMILES string of the molecule is CC(N)(CCC1(C)C=CC(C(=O)CCCCc2ccccc2)=N1)CCP(=O)(O)O. The van der Waals surface area contributed by atoms with Crippen molar-refractivity contribution in [1.29, 1.82) is 0 Å². The first-order valence-electron chi connectivity index (χ1n) is 10.2. The molecule has 6 nitrogen and oxygen atoms in total. The van der Waals surface area contributed by atoms with E-state index in [0.717, 1.165) is 19.3 Å². The maximum atomic E-state index is 12.5. The molecular weight excluding hydrogens is 387 g/mol. The van der Waals surface area contributed by atoms with E-state index in [4.69, 9.17) is 15.5 Å². The summed E-state index contributed by atoms with van der Waals surface area (Å²) in [5.74, 6) is 0.0649. The molecule has 1 aromatic rings. The summed E-state index contributed by atoms with van der Waals surface area (Å²) in [5, 5.41) is 0. The van der Waals surface area contributed by atoms with Gasteiger partial charge in [-0.1, -0.05) is 36.4 Å². The van der Waals surface area contributed by atoms with Crippen LogP contribution in [0.25, 0.3) is 0 Å². The van der Waals surface area contributed by atoms with Gasteiger partial charge in [-0.3, -0.25) is 14.4 Å². The second kappa shape index (κ2) is 9.94. The molecule has 0 radical (unpaired) electrons.